The van der Waals surface area contributed by atoms with E-state index in [0.717, 1.165) is 44.6 Å². The summed E-state index contributed by atoms with van der Waals surface area (Å²) in [4.78, 5) is 14.5. The Labute approximate surface area is 154 Å². The smallest absolute Gasteiger partial charge is 0.410 e. The van der Waals surface area contributed by atoms with Crippen LogP contribution in [0.2, 0.25) is 0 Å². The number of carbonyl (C=O) groups is 1. The zero-order valence-corrected chi connectivity index (χ0v) is 15.1. The number of carbonyl (C=O) groups excluding carboxylic acids is 1. The lowest BCUT2D eigenvalue weighted by atomic mass is 9.83. The molecule has 0 aromatic heterocycles. The Hall–Kier alpha value is -1.63. The average molecular weight is 360 g/mol. The van der Waals surface area contributed by atoms with Crippen molar-refractivity contribution in [3.63, 3.8) is 0 Å². The van der Waals surface area contributed by atoms with E-state index in [1.165, 1.54) is 0 Å². The maximum absolute atomic E-state index is 12.6. The van der Waals surface area contributed by atoms with Crippen molar-refractivity contribution in [3.8, 4) is 0 Å². The molecular formula is C20H28N2O4. The lowest BCUT2D eigenvalue weighted by Gasteiger charge is -2.43. The Balaban J connectivity index is 1.29. The van der Waals surface area contributed by atoms with Crippen molar-refractivity contribution in [3.05, 3.63) is 35.9 Å². The molecule has 0 radical (unpaired) electrons. The number of hydrogen-bond acceptors (Lipinski definition) is 5. The molecule has 0 saturated carbocycles. The Bertz CT molecular complexity index is 605. The number of piperidine rings is 1. The van der Waals surface area contributed by atoms with Gasteiger partial charge in [0.2, 0.25) is 0 Å². The number of ether oxygens (including phenoxy) is 2. The van der Waals surface area contributed by atoms with Crippen LogP contribution in [0.3, 0.4) is 0 Å². The fourth-order valence-corrected chi connectivity index (χ4v) is 4.48. The third kappa shape index (κ3) is 3.87. The summed E-state index contributed by atoms with van der Waals surface area (Å²) in [6.07, 6.45) is 3.69. The molecule has 1 aromatic carbocycles. The lowest BCUT2D eigenvalue weighted by molar-refractivity contribution is -0.0574. The molecule has 2 bridgehead atoms. The first-order valence-electron chi connectivity index (χ1n) is 9.65. The molecule has 1 aromatic rings. The second-order valence-electron chi connectivity index (χ2n) is 7.90. The topological polar surface area (TPSA) is 71.0 Å². The first-order valence-corrected chi connectivity index (χ1v) is 9.65. The summed E-state index contributed by atoms with van der Waals surface area (Å²) >= 11 is 0. The number of nitrogens with zero attached hydrogens (tertiary/aromatic N) is 1. The van der Waals surface area contributed by atoms with Gasteiger partial charge in [-0.1, -0.05) is 30.3 Å². The summed E-state index contributed by atoms with van der Waals surface area (Å²) in [5.74, 6) is 0. The molecule has 6 nitrogen and oxygen atoms in total. The van der Waals surface area contributed by atoms with Gasteiger partial charge >= 0.3 is 6.09 Å². The summed E-state index contributed by atoms with van der Waals surface area (Å²) in [5.41, 5.74) is 0.312. The minimum absolute atomic E-state index is 0.0917. The molecule has 0 aliphatic carbocycles. The van der Waals surface area contributed by atoms with Crippen molar-refractivity contribution in [2.75, 3.05) is 19.8 Å². The van der Waals surface area contributed by atoms with E-state index in [9.17, 15) is 9.90 Å². The molecule has 1 unspecified atom stereocenters. The van der Waals surface area contributed by atoms with Gasteiger partial charge in [0, 0.05) is 12.1 Å². The van der Waals surface area contributed by atoms with Crippen LogP contribution in [-0.2, 0) is 16.1 Å². The highest BCUT2D eigenvalue weighted by Crippen LogP contribution is 2.42. The monoisotopic (exact) mass is 360 g/mol. The van der Waals surface area contributed by atoms with Crippen LogP contribution in [0.4, 0.5) is 4.79 Å². The van der Waals surface area contributed by atoms with Gasteiger partial charge in [0.05, 0.1) is 24.9 Å². The summed E-state index contributed by atoms with van der Waals surface area (Å²) in [5, 5.41) is 14.4. The van der Waals surface area contributed by atoms with Gasteiger partial charge in [0.1, 0.15) is 6.61 Å². The van der Waals surface area contributed by atoms with Crippen molar-refractivity contribution >= 4 is 6.09 Å². The molecule has 3 saturated heterocycles. The van der Waals surface area contributed by atoms with E-state index in [-0.39, 0.29) is 18.2 Å². The maximum atomic E-state index is 12.6. The first-order chi connectivity index (χ1) is 12.6. The predicted molar refractivity (Wildman–Crippen MR) is 96.7 cm³/mol. The van der Waals surface area contributed by atoms with Crippen molar-refractivity contribution in [2.24, 2.45) is 0 Å². The minimum atomic E-state index is -0.681. The number of nitrogens with one attached hydrogen (secondary N) is 1. The van der Waals surface area contributed by atoms with E-state index in [2.05, 4.69) is 5.32 Å². The molecule has 3 aliphatic rings. The van der Waals surface area contributed by atoms with Gasteiger partial charge < -0.3 is 24.8 Å². The highest BCUT2D eigenvalue weighted by Gasteiger charge is 2.49. The second kappa shape index (κ2) is 7.55. The molecule has 3 heterocycles. The fraction of sp³-hybridized carbons (Fsp3) is 0.650. The van der Waals surface area contributed by atoms with Gasteiger partial charge in [-0.15, -0.1) is 0 Å². The quantitative estimate of drug-likeness (QED) is 0.813. The highest BCUT2D eigenvalue weighted by atomic mass is 16.6. The molecule has 3 aliphatic heterocycles. The predicted octanol–water partition coefficient (Wildman–Crippen LogP) is 2.06. The largest absolute Gasteiger partial charge is 0.445 e. The molecular weight excluding hydrogens is 332 g/mol. The van der Waals surface area contributed by atoms with Crippen molar-refractivity contribution in [1.82, 2.24) is 10.2 Å². The molecule has 2 N–H and O–H groups in total. The third-order valence-electron chi connectivity index (χ3n) is 5.93. The van der Waals surface area contributed by atoms with Crippen LogP contribution in [0.15, 0.2) is 30.3 Å². The number of benzene rings is 1. The maximum Gasteiger partial charge on any atom is 0.410 e. The molecule has 3 fully saturated rings. The van der Waals surface area contributed by atoms with Gasteiger partial charge in [0.15, 0.2) is 0 Å². The summed E-state index contributed by atoms with van der Waals surface area (Å²) in [6.45, 7) is 2.63. The van der Waals surface area contributed by atoms with Gasteiger partial charge in [-0.25, -0.2) is 4.79 Å². The average Bonchev–Trinajstić information content (AvgIpc) is 2.89. The van der Waals surface area contributed by atoms with E-state index in [0.29, 0.717) is 25.5 Å². The molecule has 0 spiro atoms. The lowest BCUT2D eigenvalue weighted by Crippen LogP contribution is -2.54. The molecule has 26 heavy (non-hydrogen) atoms. The van der Waals surface area contributed by atoms with E-state index in [1.54, 1.807) is 0 Å². The molecule has 1 amide bonds. The number of hydrogen-bond donors (Lipinski definition) is 2. The number of fused-ring (bicyclic) bond motifs is 2. The van der Waals surface area contributed by atoms with E-state index < -0.39 is 5.60 Å². The van der Waals surface area contributed by atoms with E-state index in [1.807, 2.05) is 35.2 Å². The zero-order valence-electron chi connectivity index (χ0n) is 15.1. The molecule has 142 valence electrons. The number of rotatable bonds is 6. The minimum Gasteiger partial charge on any atom is -0.445 e. The SMILES string of the molecule is O=C(OCc1ccccc1)N1[C@@H]2CC[C@H]1CC(O)(CCNC1COC1)C2. The van der Waals surface area contributed by atoms with Crippen LogP contribution in [0.25, 0.3) is 0 Å². The molecule has 3 atom stereocenters. The van der Waals surface area contributed by atoms with Crippen molar-refractivity contribution in [1.29, 1.82) is 0 Å². The number of amides is 1. The zero-order chi connectivity index (χ0) is 18.0. The van der Waals surface area contributed by atoms with E-state index >= 15 is 0 Å². The Kier molecular flexibility index (Phi) is 5.16. The standard InChI is InChI=1S/C20H28N2O4/c23-19(26-12-15-4-2-1-3-5-15)22-17-6-7-18(22)11-20(24,10-17)8-9-21-16-13-25-14-16/h1-5,16-18,21,24H,6-14H2/t17-,18+,20?. The van der Waals surface area contributed by atoms with Gasteiger partial charge in [0.25, 0.3) is 0 Å². The van der Waals surface area contributed by atoms with Crippen LogP contribution in [0, 0.1) is 0 Å². The molecule has 4 rings (SSSR count). The van der Waals surface area contributed by atoms with Crippen LogP contribution in [0.1, 0.15) is 37.7 Å². The number of aliphatic hydroxyl groups is 1. The van der Waals surface area contributed by atoms with Gasteiger partial charge in [-0.2, -0.15) is 0 Å². The van der Waals surface area contributed by atoms with Crippen LogP contribution in [0.5, 0.6) is 0 Å². The second-order valence-corrected chi connectivity index (χ2v) is 7.90. The van der Waals surface area contributed by atoms with Gasteiger partial charge in [-0.05, 0) is 44.2 Å². The van der Waals surface area contributed by atoms with Gasteiger partial charge in [-0.3, -0.25) is 0 Å². The van der Waals surface area contributed by atoms with Crippen LogP contribution >= 0.6 is 0 Å². The highest BCUT2D eigenvalue weighted by molar-refractivity contribution is 5.69. The van der Waals surface area contributed by atoms with Crippen LogP contribution in [-0.4, -0.2) is 59.6 Å². The third-order valence-corrected chi connectivity index (χ3v) is 5.93. The normalized spacial score (nSPS) is 30.9. The summed E-state index contributed by atoms with van der Waals surface area (Å²) < 4.78 is 10.7. The fourth-order valence-electron chi connectivity index (χ4n) is 4.48. The summed E-state index contributed by atoms with van der Waals surface area (Å²) in [7, 11) is 0. The van der Waals surface area contributed by atoms with Crippen molar-refractivity contribution in [2.45, 2.75) is 62.4 Å². The van der Waals surface area contributed by atoms with Crippen molar-refractivity contribution < 1.29 is 19.4 Å². The van der Waals surface area contributed by atoms with Crippen LogP contribution < -0.4 is 5.32 Å². The molecule has 6 heteroatoms. The van der Waals surface area contributed by atoms with E-state index in [4.69, 9.17) is 9.47 Å². The Morgan fingerprint density at radius 3 is 2.54 bits per heavy atom. The first kappa shape index (κ1) is 17.8. The Morgan fingerprint density at radius 2 is 1.92 bits per heavy atom. The Morgan fingerprint density at radius 1 is 1.23 bits per heavy atom. The summed E-state index contributed by atoms with van der Waals surface area (Å²) in [6, 6.07) is 10.4.